The molecule has 1 saturated carbocycles. The molecule has 1 aromatic carbocycles. The zero-order valence-corrected chi connectivity index (χ0v) is 16.6. The van der Waals surface area contributed by atoms with Crippen LogP contribution in [0.15, 0.2) is 29.3 Å². The number of hydrogen-bond acceptors (Lipinski definition) is 3. The van der Waals surface area contributed by atoms with Crippen LogP contribution in [0.5, 0.6) is 5.75 Å². The van der Waals surface area contributed by atoms with Crippen molar-refractivity contribution in [2.45, 2.75) is 38.5 Å². The van der Waals surface area contributed by atoms with Crippen LogP contribution in [0.2, 0.25) is 0 Å². The second-order valence-electron chi connectivity index (χ2n) is 7.69. The van der Waals surface area contributed by atoms with Crippen LogP contribution in [0, 0.1) is 5.41 Å². The van der Waals surface area contributed by atoms with E-state index < -0.39 is 0 Å². The average Bonchev–Trinajstić information content (AvgIpc) is 3.11. The Hall–Kier alpha value is -2.24. The molecule has 2 N–H and O–H groups in total. The molecular formula is C21H32N4O2. The van der Waals surface area contributed by atoms with Gasteiger partial charge in [0.2, 0.25) is 0 Å². The zero-order valence-electron chi connectivity index (χ0n) is 16.6. The predicted molar refractivity (Wildman–Crippen MR) is 108 cm³/mol. The van der Waals surface area contributed by atoms with Crippen molar-refractivity contribution in [3.63, 3.8) is 0 Å². The van der Waals surface area contributed by atoms with Gasteiger partial charge < -0.3 is 20.3 Å². The molecule has 0 atom stereocenters. The summed E-state index contributed by atoms with van der Waals surface area (Å²) in [5.41, 5.74) is 1.12. The van der Waals surface area contributed by atoms with Crippen LogP contribution in [0.25, 0.3) is 0 Å². The van der Waals surface area contributed by atoms with Crippen LogP contribution in [0.3, 0.4) is 0 Å². The van der Waals surface area contributed by atoms with Gasteiger partial charge in [-0.1, -0.05) is 25.3 Å². The lowest BCUT2D eigenvalue weighted by molar-refractivity contribution is 0.0954. The van der Waals surface area contributed by atoms with Crippen LogP contribution in [0.4, 0.5) is 0 Å². The molecule has 1 aliphatic carbocycles. The second-order valence-corrected chi connectivity index (χ2v) is 7.69. The van der Waals surface area contributed by atoms with E-state index in [1.54, 1.807) is 19.2 Å². The highest BCUT2D eigenvalue weighted by atomic mass is 16.5. The Kier molecular flexibility index (Phi) is 6.58. The summed E-state index contributed by atoms with van der Waals surface area (Å²) < 4.78 is 5.17. The largest absolute Gasteiger partial charge is 0.497 e. The molecule has 27 heavy (non-hydrogen) atoms. The Morgan fingerprint density at radius 1 is 1.19 bits per heavy atom. The minimum absolute atomic E-state index is 0.0898. The highest BCUT2D eigenvalue weighted by Gasteiger charge is 2.39. The molecule has 1 aromatic rings. The lowest BCUT2D eigenvalue weighted by atomic mass is 9.73. The van der Waals surface area contributed by atoms with E-state index in [0.29, 0.717) is 29.8 Å². The van der Waals surface area contributed by atoms with Crippen molar-refractivity contribution in [3.05, 3.63) is 29.8 Å². The van der Waals surface area contributed by atoms with E-state index >= 15 is 0 Å². The summed E-state index contributed by atoms with van der Waals surface area (Å²) in [6.45, 7) is 3.40. The van der Waals surface area contributed by atoms with Crippen molar-refractivity contribution >= 4 is 11.9 Å². The maximum atomic E-state index is 12.3. The maximum Gasteiger partial charge on any atom is 0.251 e. The molecule has 6 nitrogen and oxygen atoms in total. The lowest BCUT2D eigenvalue weighted by Gasteiger charge is -2.33. The van der Waals surface area contributed by atoms with E-state index in [-0.39, 0.29) is 5.91 Å². The first kappa shape index (κ1) is 19.5. The van der Waals surface area contributed by atoms with Crippen molar-refractivity contribution in [3.8, 4) is 5.75 Å². The molecular weight excluding hydrogens is 340 g/mol. The Balaban J connectivity index is 1.43. The van der Waals surface area contributed by atoms with Gasteiger partial charge in [-0.25, -0.2) is 0 Å². The third-order valence-corrected chi connectivity index (χ3v) is 5.89. The topological polar surface area (TPSA) is 66.0 Å². The van der Waals surface area contributed by atoms with Gasteiger partial charge >= 0.3 is 0 Å². The Bertz CT molecular complexity index is 668. The molecule has 3 rings (SSSR count). The number of likely N-dealkylation sites (tertiary alicyclic amines) is 1. The highest BCUT2D eigenvalue weighted by Crippen LogP contribution is 2.43. The van der Waals surface area contributed by atoms with E-state index in [4.69, 9.17) is 4.74 Å². The van der Waals surface area contributed by atoms with E-state index in [1.165, 1.54) is 38.5 Å². The smallest absolute Gasteiger partial charge is 0.251 e. The molecule has 1 heterocycles. The number of rotatable bonds is 5. The molecule has 6 heteroatoms. The number of methoxy groups -OCH3 is 1. The zero-order chi connectivity index (χ0) is 19.1. The molecule has 1 spiro atoms. The second kappa shape index (κ2) is 9.11. The summed E-state index contributed by atoms with van der Waals surface area (Å²) in [6.07, 6.45) is 8.13. The fourth-order valence-electron chi connectivity index (χ4n) is 4.37. The van der Waals surface area contributed by atoms with Crippen molar-refractivity contribution in [1.82, 2.24) is 15.5 Å². The SMILES string of the molecule is CN=C(NCCNC(=O)c1cccc(OC)c1)N1CCC2(CCCCC2)C1. The van der Waals surface area contributed by atoms with Crippen molar-refractivity contribution in [2.75, 3.05) is 40.3 Å². The minimum atomic E-state index is -0.0898. The van der Waals surface area contributed by atoms with E-state index in [2.05, 4.69) is 20.5 Å². The summed E-state index contributed by atoms with van der Waals surface area (Å²) in [5, 5.41) is 6.35. The number of carbonyl (C=O) groups excluding carboxylic acids is 1. The Morgan fingerprint density at radius 2 is 1.96 bits per heavy atom. The number of aliphatic imine (C=N–C) groups is 1. The van der Waals surface area contributed by atoms with Gasteiger partial charge in [-0.15, -0.1) is 0 Å². The van der Waals surface area contributed by atoms with Gasteiger partial charge in [0.25, 0.3) is 5.91 Å². The van der Waals surface area contributed by atoms with Crippen LogP contribution in [0.1, 0.15) is 48.9 Å². The lowest BCUT2D eigenvalue weighted by Crippen LogP contribution is -2.44. The molecule has 148 valence electrons. The Morgan fingerprint density at radius 3 is 2.70 bits per heavy atom. The number of hydrogen-bond donors (Lipinski definition) is 2. The van der Waals surface area contributed by atoms with Crippen molar-refractivity contribution in [2.24, 2.45) is 10.4 Å². The molecule has 2 fully saturated rings. The third kappa shape index (κ3) is 4.93. The number of nitrogens with one attached hydrogen (secondary N) is 2. The predicted octanol–water partition coefficient (Wildman–Crippen LogP) is 2.66. The molecule has 1 saturated heterocycles. The van der Waals surface area contributed by atoms with Gasteiger partial charge in [0.05, 0.1) is 7.11 Å². The quantitative estimate of drug-likeness (QED) is 0.474. The number of nitrogens with zero attached hydrogens (tertiary/aromatic N) is 2. The monoisotopic (exact) mass is 372 g/mol. The van der Waals surface area contributed by atoms with Gasteiger partial charge in [0.1, 0.15) is 5.75 Å². The Labute approximate surface area is 162 Å². The third-order valence-electron chi connectivity index (χ3n) is 5.89. The molecule has 0 unspecified atom stereocenters. The normalized spacial score (nSPS) is 19.2. The molecule has 0 aromatic heterocycles. The average molecular weight is 373 g/mol. The molecule has 0 bridgehead atoms. The van der Waals surface area contributed by atoms with E-state index in [9.17, 15) is 4.79 Å². The molecule has 2 aliphatic rings. The van der Waals surface area contributed by atoms with Gasteiger partial charge in [0, 0.05) is 38.8 Å². The molecule has 0 radical (unpaired) electrons. The number of amides is 1. The van der Waals surface area contributed by atoms with Crippen molar-refractivity contribution < 1.29 is 9.53 Å². The van der Waals surface area contributed by atoms with Crippen LogP contribution in [-0.4, -0.2) is 57.1 Å². The summed E-state index contributed by atoms with van der Waals surface area (Å²) in [4.78, 5) is 19.1. The summed E-state index contributed by atoms with van der Waals surface area (Å²) in [7, 11) is 3.44. The number of ether oxygens (including phenoxy) is 1. The summed E-state index contributed by atoms with van der Waals surface area (Å²) in [5.74, 6) is 1.55. The standard InChI is InChI=1S/C21H32N4O2/c1-22-20(25-14-11-21(16-25)9-4-3-5-10-21)24-13-12-23-19(26)17-7-6-8-18(15-17)27-2/h6-8,15H,3-5,9-14,16H2,1-2H3,(H,22,24)(H,23,26). The van der Waals surface area contributed by atoms with Gasteiger partial charge in [-0.3, -0.25) is 9.79 Å². The van der Waals surface area contributed by atoms with Crippen LogP contribution in [-0.2, 0) is 0 Å². The van der Waals surface area contributed by atoms with Crippen LogP contribution >= 0.6 is 0 Å². The number of benzene rings is 1. The first-order valence-corrected chi connectivity index (χ1v) is 10.0. The van der Waals surface area contributed by atoms with Gasteiger partial charge in [-0.05, 0) is 42.9 Å². The van der Waals surface area contributed by atoms with Gasteiger partial charge in [-0.2, -0.15) is 0 Å². The van der Waals surface area contributed by atoms with Gasteiger partial charge in [0.15, 0.2) is 5.96 Å². The van der Waals surface area contributed by atoms with Crippen LogP contribution < -0.4 is 15.4 Å². The molecule has 1 aliphatic heterocycles. The molecule has 1 amide bonds. The van der Waals surface area contributed by atoms with E-state index in [0.717, 1.165) is 19.0 Å². The van der Waals surface area contributed by atoms with E-state index in [1.807, 2.05) is 19.2 Å². The fraction of sp³-hybridized carbons (Fsp3) is 0.619. The summed E-state index contributed by atoms with van der Waals surface area (Å²) in [6, 6.07) is 7.19. The first-order valence-electron chi connectivity index (χ1n) is 10.0. The minimum Gasteiger partial charge on any atom is -0.497 e. The fourth-order valence-corrected chi connectivity index (χ4v) is 4.37. The number of carbonyl (C=O) groups is 1. The number of guanidine groups is 1. The maximum absolute atomic E-state index is 12.3. The van der Waals surface area contributed by atoms with Crippen molar-refractivity contribution in [1.29, 1.82) is 0 Å². The first-order chi connectivity index (χ1) is 13.2. The highest BCUT2D eigenvalue weighted by molar-refractivity contribution is 5.94. The summed E-state index contributed by atoms with van der Waals surface area (Å²) >= 11 is 0.